The Morgan fingerprint density at radius 3 is 2.59 bits per heavy atom. The molecule has 10 heteroatoms. The highest BCUT2D eigenvalue weighted by Gasteiger charge is 2.16. The van der Waals surface area contributed by atoms with E-state index in [1.54, 1.807) is 54.6 Å². The van der Waals surface area contributed by atoms with Gasteiger partial charge >= 0.3 is 0 Å². The number of hydrogen-bond donors (Lipinski definition) is 2. The summed E-state index contributed by atoms with van der Waals surface area (Å²) in [6.45, 7) is 0.191. The lowest BCUT2D eigenvalue weighted by Crippen LogP contribution is -2.34. The molecule has 0 unspecified atom stereocenters. The van der Waals surface area contributed by atoms with Gasteiger partial charge in [-0.2, -0.15) is 5.10 Å². The fraction of sp³-hybridized carbons (Fsp3) is 0.125. The predicted molar refractivity (Wildman–Crippen MR) is 128 cm³/mol. The summed E-state index contributed by atoms with van der Waals surface area (Å²) >= 11 is 12.0. The van der Waals surface area contributed by atoms with Crippen molar-refractivity contribution in [2.24, 2.45) is 5.10 Å². The lowest BCUT2D eigenvalue weighted by atomic mass is 10.2. The topological polar surface area (TPSA) is 98.3 Å². The van der Waals surface area contributed by atoms with Crippen LogP contribution >= 0.6 is 23.2 Å². The molecule has 0 spiro atoms. The van der Waals surface area contributed by atoms with Gasteiger partial charge in [-0.3, -0.25) is 9.59 Å². The molecule has 0 aromatic heterocycles. The van der Waals surface area contributed by atoms with Crippen molar-refractivity contribution in [1.29, 1.82) is 0 Å². The minimum Gasteiger partial charge on any atom is -0.489 e. The molecule has 4 rings (SSSR count). The second-order valence-corrected chi connectivity index (χ2v) is 7.98. The summed E-state index contributed by atoms with van der Waals surface area (Å²) in [5, 5.41) is 7.53. The second kappa shape index (κ2) is 10.9. The summed E-state index contributed by atoms with van der Waals surface area (Å²) in [5.74, 6) is 0.845. The van der Waals surface area contributed by atoms with Crippen molar-refractivity contribution in [3.8, 4) is 17.2 Å². The van der Waals surface area contributed by atoms with Crippen molar-refractivity contribution < 1.29 is 23.8 Å². The van der Waals surface area contributed by atoms with Crippen LogP contribution in [0.1, 0.15) is 21.5 Å². The second-order valence-electron chi connectivity index (χ2n) is 7.14. The number of nitrogens with one attached hydrogen (secondary N) is 2. The lowest BCUT2D eigenvalue weighted by Gasteiger charge is -2.08. The van der Waals surface area contributed by atoms with Gasteiger partial charge < -0.3 is 19.5 Å². The van der Waals surface area contributed by atoms with Crippen molar-refractivity contribution >= 4 is 41.2 Å². The monoisotopic (exact) mass is 499 g/mol. The highest BCUT2D eigenvalue weighted by atomic mass is 35.5. The Bertz CT molecular complexity index is 1230. The van der Waals surface area contributed by atoms with Crippen molar-refractivity contribution in [3.63, 3.8) is 0 Å². The van der Waals surface area contributed by atoms with Crippen LogP contribution in [0.3, 0.4) is 0 Å². The van der Waals surface area contributed by atoms with E-state index in [1.807, 2.05) is 6.07 Å². The number of fused-ring (bicyclic) bond motifs is 1. The molecule has 1 heterocycles. The van der Waals surface area contributed by atoms with Crippen molar-refractivity contribution in [2.75, 3.05) is 13.3 Å². The summed E-state index contributed by atoms with van der Waals surface area (Å²) in [4.78, 5) is 24.2. The Morgan fingerprint density at radius 2 is 1.79 bits per heavy atom. The lowest BCUT2D eigenvalue weighted by molar-refractivity contribution is -0.120. The van der Waals surface area contributed by atoms with E-state index < -0.39 is 11.8 Å². The number of halogens is 2. The van der Waals surface area contributed by atoms with Crippen LogP contribution in [0.4, 0.5) is 0 Å². The zero-order valence-electron chi connectivity index (χ0n) is 17.7. The molecule has 0 radical (unpaired) electrons. The average Bonchev–Trinajstić information content (AvgIpc) is 3.31. The Balaban J connectivity index is 1.20. The van der Waals surface area contributed by atoms with E-state index in [2.05, 4.69) is 15.8 Å². The van der Waals surface area contributed by atoms with Crippen molar-refractivity contribution in [3.05, 3.63) is 87.4 Å². The number of benzene rings is 3. The zero-order valence-corrected chi connectivity index (χ0v) is 19.2. The van der Waals surface area contributed by atoms with Gasteiger partial charge in [0.15, 0.2) is 11.5 Å². The summed E-state index contributed by atoms with van der Waals surface area (Å²) in [6.07, 6.45) is 1.48. The van der Waals surface area contributed by atoms with Crippen LogP contribution in [0.5, 0.6) is 17.2 Å². The molecule has 2 amide bonds. The van der Waals surface area contributed by atoms with Crippen LogP contribution in [0, 0.1) is 0 Å². The van der Waals surface area contributed by atoms with Gasteiger partial charge in [0.25, 0.3) is 11.8 Å². The summed E-state index contributed by atoms with van der Waals surface area (Å²) in [7, 11) is 0. The highest BCUT2D eigenvalue weighted by molar-refractivity contribution is 6.35. The molecule has 0 aliphatic carbocycles. The van der Waals surface area contributed by atoms with Gasteiger partial charge in [0, 0.05) is 21.2 Å². The summed E-state index contributed by atoms with van der Waals surface area (Å²) in [5.41, 5.74) is 4.30. The maximum atomic E-state index is 12.2. The largest absolute Gasteiger partial charge is 0.489 e. The van der Waals surface area contributed by atoms with Gasteiger partial charge in [0.1, 0.15) is 12.4 Å². The first-order valence-corrected chi connectivity index (χ1v) is 10.9. The molecule has 1 aliphatic heterocycles. The maximum absolute atomic E-state index is 12.2. The average molecular weight is 500 g/mol. The number of carbonyl (C=O) groups excluding carboxylic acids is 2. The van der Waals surface area contributed by atoms with E-state index in [0.29, 0.717) is 39.5 Å². The minimum absolute atomic E-state index is 0.120. The van der Waals surface area contributed by atoms with E-state index >= 15 is 0 Å². The first-order valence-electron chi connectivity index (χ1n) is 10.1. The number of amides is 2. The van der Waals surface area contributed by atoms with E-state index in [9.17, 15) is 9.59 Å². The molecule has 3 aromatic rings. The van der Waals surface area contributed by atoms with Gasteiger partial charge in [-0.25, -0.2) is 5.43 Å². The first-order chi connectivity index (χ1) is 16.5. The molecule has 1 aliphatic rings. The van der Waals surface area contributed by atoms with E-state index in [1.165, 1.54) is 6.21 Å². The molecule has 8 nitrogen and oxygen atoms in total. The van der Waals surface area contributed by atoms with Crippen LogP contribution in [0.2, 0.25) is 10.0 Å². The smallest absolute Gasteiger partial charge is 0.259 e. The number of rotatable bonds is 8. The Morgan fingerprint density at radius 1 is 1.00 bits per heavy atom. The van der Waals surface area contributed by atoms with E-state index in [-0.39, 0.29) is 13.3 Å². The van der Waals surface area contributed by atoms with Crippen molar-refractivity contribution in [2.45, 2.75) is 6.61 Å². The van der Waals surface area contributed by atoms with Crippen LogP contribution in [0.15, 0.2) is 65.8 Å². The summed E-state index contributed by atoms with van der Waals surface area (Å²) < 4.78 is 16.2. The third-order valence-electron chi connectivity index (χ3n) is 4.74. The Labute approximate surface area is 205 Å². The van der Waals surface area contributed by atoms with Crippen LogP contribution in [-0.4, -0.2) is 31.4 Å². The normalized spacial score (nSPS) is 11.9. The van der Waals surface area contributed by atoms with E-state index in [4.69, 9.17) is 37.4 Å². The predicted octanol–water partition coefficient (Wildman–Crippen LogP) is 4.18. The molecular formula is C24H19Cl2N3O5. The third-order valence-corrected chi connectivity index (χ3v) is 5.32. The third kappa shape index (κ3) is 6.18. The minimum atomic E-state index is -0.467. The SMILES string of the molecule is O=C(CNC(=O)c1ccc2c(c1)OCO2)N/N=C/c1ccc(OCc2ccc(Cl)cc2Cl)cc1. The molecule has 0 bridgehead atoms. The molecule has 0 atom stereocenters. The molecule has 0 saturated heterocycles. The zero-order chi connectivity index (χ0) is 23.9. The highest BCUT2D eigenvalue weighted by Crippen LogP contribution is 2.32. The molecule has 34 heavy (non-hydrogen) atoms. The van der Waals surface area contributed by atoms with Crippen LogP contribution < -0.4 is 25.0 Å². The molecule has 2 N–H and O–H groups in total. The Hall–Kier alpha value is -3.75. The molecule has 3 aromatic carbocycles. The standard InChI is InChI=1S/C24H19Cl2N3O5/c25-18-5-3-17(20(26)10-18)13-32-19-6-1-15(2-7-19)11-28-29-23(30)12-27-24(31)16-4-8-21-22(9-16)34-14-33-21/h1-11H,12-14H2,(H,27,31)(H,29,30)/b28-11+. The van der Waals surface area contributed by atoms with Gasteiger partial charge in [0.05, 0.1) is 12.8 Å². The number of hydrogen-bond acceptors (Lipinski definition) is 6. The molecule has 0 saturated carbocycles. The summed E-state index contributed by atoms with van der Waals surface area (Å²) in [6, 6.07) is 17.2. The van der Waals surface area contributed by atoms with Gasteiger partial charge in [-0.15, -0.1) is 0 Å². The Kier molecular flexibility index (Phi) is 7.51. The van der Waals surface area contributed by atoms with Crippen LogP contribution in [0.25, 0.3) is 0 Å². The number of hydrazone groups is 1. The van der Waals surface area contributed by atoms with Gasteiger partial charge in [-0.05, 0) is 60.2 Å². The first kappa shape index (κ1) is 23.4. The molecule has 174 valence electrons. The van der Waals surface area contributed by atoms with E-state index in [0.717, 1.165) is 11.1 Å². The van der Waals surface area contributed by atoms with Gasteiger partial charge in [0.2, 0.25) is 6.79 Å². The number of ether oxygens (including phenoxy) is 3. The molecule has 0 fully saturated rings. The van der Waals surface area contributed by atoms with Crippen molar-refractivity contribution in [1.82, 2.24) is 10.7 Å². The quantitative estimate of drug-likeness (QED) is 0.357. The maximum Gasteiger partial charge on any atom is 0.259 e. The fourth-order valence-electron chi connectivity index (χ4n) is 2.97. The van der Waals surface area contributed by atoms with Crippen LogP contribution in [-0.2, 0) is 11.4 Å². The fourth-order valence-corrected chi connectivity index (χ4v) is 3.43. The molecular weight excluding hydrogens is 481 g/mol. The van der Waals surface area contributed by atoms with Gasteiger partial charge in [-0.1, -0.05) is 29.3 Å². The number of nitrogens with zero attached hydrogens (tertiary/aromatic N) is 1. The number of carbonyl (C=O) groups is 2.